The molecule has 0 saturated heterocycles. The number of hydrogen-bond donors (Lipinski definition) is 1. The highest BCUT2D eigenvalue weighted by Crippen LogP contribution is 2.54. The van der Waals surface area contributed by atoms with Crippen LogP contribution in [0.5, 0.6) is 23.0 Å². The zero-order valence-electron chi connectivity index (χ0n) is 20.0. The van der Waals surface area contributed by atoms with Gasteiger partial charge in [0.05, 0.1) is 19.8 Å². The number of ether oxygens (including phenoxy) is 4. The number of benzene rings is 2. The van der Waals surface area contributed by atoms with Crippen LogP contribution in [-0.4, -0.2) is 38.5 Å². The minimum absolute atomic E-state index is 0.288. The topological polar surface area (TPSA) is 66.2 Å². The van der Waals surface area contributed by atoms with Gasteiger partial charge in [-0.15, -0.1) is 0 Å². The van der Waals surface area contributed by atoms with Crippen LogP contribution in [-0.2, 0) is 6.42 Å². The van der Waals surface area contributed by atoms with Gasteiger partial charge in [-0.2, -0.15) is 0 Å². The highest BCUT2D eigenvalue weighted by atomic mass is 16.7. The van der Waals surface area contributed by atoms with Gasteiger partial charge in [0.2, 0.25) is 6.79 Å². The maximum absolute atomic E-state index is 6.46. The van der Waals surface area contributed by atoms with Crippen LogP contribution < -0.4 is 24.7 Å². The molecule has 34 heavy (non-hydrogen) atoms. The van der Waals surface area contributed by atoms with E-state index in [4.69, 9.17) is 24.7 Å². The molecule has 6 nitrogen and oxygen atoms in total. The Kier molecular flexibility index (Phi) is 5.77. The van der Waals surface area contributed by atoms with Gasteiger partial charge in [-0.25, -0.2) is 0 Å². The standard InChI is InChI=1S/C28H34N2O4/c1-31-23-9-8-20-14-22-21-16-25-24(33-17-34-25)15-19(21)10-12-30(22)27(18-6-2-3-7-18)26(20)28(23)32-13-5-4-11-29/h8-9,14-16,18,27H,2-7,10-13,17,29H2,1H3/t27-/m1/s1. The fraction of sp³-hybridized carbons (Fsp3) is 0.500. The van der Waals surface area contributed by atoms with Crippen molar-refractivity contribution in [3.63, 3.8) is 0 Å². The van der Waals surface area contributed by atoms with E-state index in [-0.39, 0.29) is 6.04 Å². The molecule has 2 aromatic carbocycles. The van der Waals surface area contributed by atoms with Gasteiger partial charge in [-0.1, -0.05) is 18.9 Å². The lowest BCUT2D eigenvalue weighted by molar-refractivity contribution is 0.174. The second kappa shape index (κ2) is 9.06. The summed E-state index contributed by atoms with van der Waals surface area (Å²) < 4.78 is 23.7. The van der Waals surface area contributed by atoms with Crippen molar-refractivity contribution >= 4 is 11.8 Å². The van der Waals surface area contributed by atoms with Crippen molar-refractivity contribution in [2.24, 2.45) is 11.7 Å². The van der Waals surface area contributed by atoms with E-state index in [1.165, 1.54) is 53.6 Å². The summed E-state index contributed by atoms with van der Waals surface area (Å²) in [4.78, 5) is 2.63. The van der Waals surface area contributed by atoms with Crippen molar-refractivity contribution in [3.05, 3.63) is 46.5 Å². The second-order valence-electron chi connectivity index (χ2n) is 9.77. The third-order valence-electron chi connectivity index (χ3n) is 7.83. The summed E-state index contributed by atoms with van der Waals surface area (Å²) in [6.45, 7) is 2.64. The van der Waals surface area contributed by atoms with Crippen molar-refractivity contribution in [2.75, 3.05) is 33.6 Å². The SMILES string of the molecule is COc1ccc2c(c1OCCCCN)[C@@H](C1CCCC1)N1CCc3cc4c(cc3C1=C2)OCO4. The Hall–Kier alpha value is -2.86. The molecule has 0 bridgehead atoms. The summed E-state index contributed by atoms with van der Waals surface area (Å²) in [6, 6.07) is 8.90. The van der Waals surface area contributed by atoms with Crippen LogP contribution in [0.2, 0.25) is 0 Å². The van der Waals surface area contributed by atoms with Crippen LogP contribution in [0.4, 0.5) is 0 Å². The summed E-state index contributed by atoms with van der Waals surface area (Å²) in [5, 5.41) is 0. The van der Waals surface area contributed by atoms with Crippen molar-refractivity contribution in [2.45, 2.75) is 51.0 Å². The number of rotatable bonds is 7. The van der Waals surface area contributed by atoms with Gasteiger partial charge >= 0.3 is 0 Å². The summed E-state index contributed by atoms with van der Waals surface area (Å²) in [6.07, 6.45) is 10.4. The van der Waals surface area contributed by atoms with E-state index < -0.39 is 0 Å². The lowest BCUT2D eigenvalue weighted by atomic mass is 9.80. The van der Waals surface area contributed by atoms with Crippen molar-refractivity contribution in [1.82, 2.24) is 4.90 Å². The predicted octanol–water partition coefficient (Wildman–Crippen LogP) is 5.14. The molecule has 4 aliphatic rings. The highest BCUT2D eigenvalue weighted by Gasteiger charge is 2.41. The molecule has 2 N–H and O–H groups in total. The first-order valence-electron chi connectivity index (χ1n) is 12.7. The van der Waals surface area contributed by atoms with Crippen LogP contribution in [0.3, 0.4) is 0 Å². The van der Waals surface area contributed by atoms with Gasteiger partial charge in [0.15, 0.2) is 23.0 Å². The Labute approximate surface area is 201 Å². The fourth-order valence-electron chi connectivity index (χ4n) is 6.22. The van der Waals surface area contributed by atoms with Gasteiger partial charge in [0, 0.05) is 23.4 Å². The molecule has 3 aliphatic heterocycles. The minimum atomic E-state index is 0.288. The van der Waals surface area contributed by atoms with E-state index in [0.29, 0.717) is 25.9 Å². The Morgan fingerprint density at radius 3 is 2.71 bits per heavy atom. The second-order valence-corrected chi connectivity index (χ2v) is 9.77. The summed E-state index contributed by atoms with van der Waals surface area (Å²) in [5.41, 5.74) is 12.2. The smallest absolute Gasteiger partial charge is 0.231 e. The van der Waals surface area contributed by atoms with E-state index in [0.717, 1.165) is 48.8 Å². The molecule has 0 spiro atoms. The van der Waals surface area contributed by atoms with Crippen LogP contribution in [0, 0.1) is 5.92 Å². The molecule has 1 aliphatic carbocycles. The Balaban J connectivity index is 1.48. The molecule has 6 rings (SSSR count). The number of nitrogens with zero attached hydrogens (tertiary/aromatic N) is 1. The molecule has 1 fully saturated rings. The quantitative estimate of drug-likeness (QED) is 0.575. The zero-order chi connectivity index (χ0) is 23.1. The van der Waals surface area contributed by atoms with E-state index in [2.05, 4.69) is 35.2 Å². The Morgan fingerprint density at radius 2 is 1.91 bits per heavy atom. The van der Waals surface area contributed by atoms with Crippen molar-refractivity contribution in [1.29, 1.82) is 0 Å². The average molecular weight is 463 g/mol. The Morgan fingerprint density at radius 1 is 1.09 bits per heavy atom. The van der Waals surface area contributed by atoms with E-state index in [1.807, 2.05) is 0 Å². The molecular formula is C28H34N2O4. The number of nitrogens with two attached hydrogens (primary N) is 1. The molecule has 1 saturated carbocycles. The maximum atomic E-state index is 6.46. The molecule has 1 atom stereocenters. The van der Waals surface area contributed by atoms with E-state index in [1.54, 1.807) is 7.11 Å². The van der Waals surface area contributed by atoms with Crippen LogP contribution in [0.25, 0.3) is 11.8 Å². The van der Waals surface area contributed by atoms with Gasteiger partial charge in [-0.3, -0.25) is 0 Å². The Bertz CT molecular complexity index is 1110. The first-order chi connectivity index (χ1) is 16.8. The zero-order valence-corrected chi connectivity index (χ0v) is 20.0. The third-order valence-corrected chi connectivity index (χ3v) is 7.83. The lowest BCUT2D eigenvalue weighted by Gasteiger charge is -2.46. The van der Waals surface area contributed by atoms with Crippen molar-refractivity contribution in [3.8, 4) is 23.0 Å². The molecule has 2 aromatic rings. The van der Waals surface area contributed by atoms with Crippen LogP contribution >= 0.6 is 0 Å². The highest BCUT2D eigenvalue weighted by molar-refractivity contribution is 5.88. The molecule has 0 unspecified atom stereocenters. The molecular weight excluding hydrogens is 428 g/mol. The normalized spacial score (nSPS) is 20.5. The third kappa shape index (κ3) is 3.59. The molecule has 6 heteroatoms. The van der Waals surface area contributed by atoms with Gasteiger partial charge in [0.1, 0.15) is 0 Å². The number of methoxy groups -OCH3 is 1. The largest absolute Gasteiger partial charge is 0.493 e. The van der Waals surface area contributed by atoms with Gasteiger partial charge in [0.25, 0.3) is 0 Å². The first kappa shape index (κ1) is 21.7. The van der Waals surface area contributed by atoms with Crippen LogP contribution in [0.15, 0.2) is 24.3 Å². The monoisotopic (exact) mass is 462 g/mol. The predicted molar refractivity (Wildman–Crippen MR) is 132 cm³/mol. The number of unbranched alkanes of at least 4 members (excludes halogenated alkanes) is 1. The summed E-state index contributed by atoms with van der Waals surface area (Å²) in [7, 11) is 1.74. The molecule has 0 aromatic heterocycles. The average Bonchev–Trinajstić information content (AvgIpc) is 3.56. The molecule has 180 valence electrons. The van der Waals surface area contributed by atoms with E-state index in [9.17, 15) is 0 Å². The van der Waals surface area contributed by atoms with Crippen LogP contribution in [0.1, 0.15) is 66.8 Å². The fourth-order valence-corrected chi connectivity index (χ4v) is 6.22. The van der Waals surface area contributed by atoms with Crippen molar-refractivity contribution < 1.29 is 18.9 Å². The van der Waals surface area contributed by atoms with Gasteiger partial charge in [-0.05, 0) is 80.0 Å². The minimum Gasteiger partial charge on any atom is -0.493 e. The summed E-state index contributed by atoms with van der Waals surface area (Å²) >= 11 is 0. The molecule has 0 amide bonds. The lowest BCUT2D eigenvalue weighted by Crippen LogP contribution is -2.39. The number of hydrogen-bond acceptors (Lipinski definition) is 6. The molecule has 3 heterocycles. The first-order valence-corrected chi connectivity index (χ1v) is 12.7. The molecule has 0 radical (unpaired) electrons. The number of fused-ring (bicyclic) bond motifs is 5. The summed E-state index contributed by atoms with van der Waals surface area (Å²) in [5.74, 6) is 4.07. The van der Waals surface area contributed by atoms with Gasteiger partial charge < -0.3 is 29.6 Å². The van der Waals surface area contributed by atoms with E-state index >= 15 is 0 Å². The maximum Gasteiger partial charge on any atom is 0.231 e.